The molecule has 0 saturated carbocycles. The van der Waals surface area contributed by atoms with Gasteiger partial charge in [0.25, 0.3) is 0 Å². The van der Waals surface area contributed by atoms with Gasteiger partial charge in [-0.15, -0.1) is 0 Å². The molecule has 0 aliphatic carbocycles. The molecule has 6 heteroatoms. The number of aromatic nitrogens is 2. The van der Waals surface area contributed by atoms with E-state index in [2.05, 4.69) is 15.0 Å². The Labute approximate surface area is 129 Å². The summed E-state index contributed by atoms with van der Waals surface area (Å²) in [5.74, 6) is 2.22. The third-order valence-corrected chi connectivity index (χ3v) is 4.04. The summed E-state index contributed by atoms with van der Waals surface area (Å²) >= 11 is 0. The van der Waals surface area contributed by atoms with Gasteiger partial charge in [0.1, 0.15) is 5.75 Å². The number of nitrogens with zero attached hydrogens (tertiary/aromatic N) is 3. The van der Waals surface area contributed by atoms with Crippen LogP contribution < -0.4 is 4.74 Å². The second kappa shape index (κ2) is 6.89. The maximum Gasteiger partial charge on any atom is 0.241 e. The summed E-state index contributed by atoms with van der Waals surface area (Å²) in [5, 5.41) is 13.4. The Balaban J connectivity index is 1.71. The SMILES string of the molecule is COc1ccccc1-c1noc(CN2CCCC(CO)C2)n1. The second-order valence-electron chi connectivity index (χ2n) is 5.64. The predicted molar refractivity (Wildman–Crippen MR) is 81.4 cm³/mol. The van der Waals surface area contributed by atoms with Crippen LogP contribution >= 0.6 is 0 Å². The zero-order chi connectivity index (χ0) is 15.4. The van der Waals surface area contributed by atoms with Crippen LogP contribution in [0.5, 0.6) is 5.75 Å². The molecule has 0 spiro atoms. The van der Waals surface area contributed by atoms with E-state index in [1.165, 1.54) is 0 Å². The molecule has 1 unspecified atom stereocenters. The van der Waals surface area contributed by atoms with E-state index in [-0.39, 0.29) is 6.61 Å². The molecule has 0 radical (unpaired) electrons. The molecule has 1 N–H and O–H groups in total. The van der Waals surface area contributed by atoms with Gasteiger partial charge < -0.3 is 14.4 Å². The van der Waals surface area contributed by atoms with Gasteiger partial charge >= 0.3 is 0 Å². The minimum absolute atomic E-state index is 0.243. The molecule has 1 aliphatic rings. The van der Waals surface area contributed by atoms with Crippen molar-refractivity contribution in [1.29, 1.82) is 0 Å². The number of hydrogen-bond acceptors (Lipinski definition) is 6. The third kappa shape index (κ3) is 3.28. The average molecular weight is 303 g/mol. The molecule has 1 aromatic carbocycles. The van der Waals surface area contributed by atoms with Crippen LogP contribution in [0.25, 0.3) is 11.4 Å². The van der Waals surface area contributed by atoms with E-state index in [0.717, 1.165) is 37.2 Å². The number of methoxy groups -OCH3 is 1. The molecule has 2 aromatic rings. The number of para-hydroxylation sites is 1. The maximum atomic E-state index is 9.29. The van der Waals surface area contributed by atoms with Crippen LogP contribution in [0.2, 0.25) is 0 Å². The molecule has 1 aliphatic heterocycles. The van der Waals surface area contributed by atoms with Crippen molar-refractivity contribution in [3.05, 3.63) is 30.2 Å². The monoisotopic (exact) mass is 303 g/mol. The fourth-order valence-corrected chi connectivity index (χ4v) is 2.89. The Morgan fingerprint density at radius 1 is 1.41 bits per heavy atom. The zero-order valence-electron chi connectivity index (χ0n) is 12.7. The van der Waals surface area contributed by atoms with E-state index in [4.69, 9.17) is 9.26 Å². The van der Waals surface area contributed by atoms with Gasteiger partial charge in [-0.2, -0.15) is 4.98 Å². The normalized spacial score (nSPS) is 19.3. The van der Waals surface area contributed by atoms with Gasteiger partial charge in [0.05, 0.1) is 19.2 Å². The summed E-state index contributed by atoms with van der Waals surface area (Å²) in [6, 6.07) is 7.62. The maximum absolute atomic E-state index is 9.29. The number of hydrogen-bond donors (Lipinski definition) is 1. The Kier molecular flexibility index (Phi) is 4.70. The van der Waals surface area contributed by atoms with Gasteiger partial charge in [-0.3, -0.25) is 4.90 Å². The molecule has 118 valence electrons. The second-order valence-corrected chi connectivity index (χ2v) is 5.64. The lowest BCUT2D eigenvalue weighted by atomic mass is 9.99. The zero-order valence-corrected chi connectivity index (χ0v) is 12.7. The first-order chi connectivity index (χ1) is 10.8. The van der Waals surface area contributed by atoms with Gasteiger partial charge in [-0.05, 0) is 37.4 Å². The summed E-state index contributed by atoms with van der Waals surface area (Å²) in [6.07, 6.45) is 2.18. The number of ether oxygens (including phenoxy) is 1. The van der Waals surface area contributed by atoms with E-state index in [1.807, 2.05) is 24.3 Å². The van der Waals surface area contributed by atoms with Crippen LogP contribution in [0.4, 0.5) is 0 Å². The predicted octanol–water partition coefficient (Wildman–Crippen LogP) is 1.95. The van der Waals surface area contributed by atoms with Gasteiger partial charge in [0.15, 0.2) is 0 Å². The Hall–Kier alpha value is -1.92. The topological polar surface area (TPSA) is 71.6 Å². The molecule has 0 bridgehead atoms. The number of rotatable bonds is 5. The molecule has 22 heavy (non-hydrogen) atoms. The van der Waals surface area contributed by atoms with Crippen LogP contribution in [0.1, 0.15) is 18.7 Å². The first kappa shape index (κ1) is 15.0. The molecule has 6 nitrogen and oxygen atoms in total. The van der Waals surface area contributed by atoms with Gasteiger partial charge in [-0.25, -0.2) is 0 Å². The van der Waals surface area contributed by atoms with E-state index >= 15 is 0 Å². The number of piperidine rings is 1. The highest BCUT2D eigenvalue weighted by molar-refractivity contribution is 5.63. The van der Waals surface area contributed by atoms with E-state index in [1.54, 1.807) is 7.11 Å². The molecular weight excluding hydrogens is 282 g/mol. The lowest BCUT2D eigenvalue weighted by Crippen LogP contribution is -2.36. The van der Waals surface area contributed by atoms with Crippen molar-refractivity contribution in [3.8, 4) is 17.1 Å². The lowest BCUT2D eigenvalue weighted by Gasteiger charge is -2.30. The van der Waals surface area contributed by atoms with Crippen molar-refractivity contribution in [2.24, 2.45) is 5.92 Å². The smallest absolute Gasteiger partial charge is 0.241 e. The average Bonchev–Trinajstić information content (AvgIpc) is 3.03. The molecular formula is C16H21N3O3. The lowest BCUT2D eigenvalue weighted by molar-refractivity contribution is 0.107. The largest absolute Gasteiger partial charge is 0.496 e. The van der Waals surface area contributed by atoms with Gasteiger partial charge in [-0.1, -0.05) is 17.3 Å². The summed E-state index contributed by atoms with van der Waals surface area (Å²) < 4.78 is 10.7. The van der Waals surface area contributed by atoms with Crippen molar-refractivity contribution >= 4 is 0 Å². The molecule has 1 atom stereocenters. The summed E-state index contributed by atoms with van der Waals surface area (Å²) in [6.45, 7) is 2.75. The van der Waals surface area contributed by atoms with Crippen molar-refractivity contribution in [1.82, 2.24) is 15.0 Å². The summed E-state index contributed by atoms with van der Waals surface area (Å²) in [5.41, 5.74) is 0.826. The van der Waals surface area contributed by atoms with Crippen molar-refractivity contribution in [2.45, 2.75) is 19.4 Å². The first-order valence-corrected chi connectivity index (χ1v) is 7.59. The van der Waals surface area contributed by atoms with E-state index in [0.29, 0.717) is 24.2 Å². The first-order valence-electron chi connectivity index (χ1n) is 7.59. The molecule has 0 amide bonds. The third-order valence-electron chi connectivity index (χ3n) is 4.04. The highest BCUT2D eigenvalue weighted by Gasteiger charge is 2.21. The fraction of sp³-hybridized carbons (Fsp3) is 0.500. The fourth-order valence-electron chi connectivity index (χ4n) is 2.89. The number of aliphatic hydroxyl groups excluding tert-OH is 1. The Morgan fingerprint density at radius 2 is 2.27 bits per heavy atom. The number of likely N-dealkylation sites (tertiary alicyclic amines) is 1. The number of benzene rings is 1. The molecule has 2 heterocycles. The van der Waals surface area contributed by atoms with Gasteiger partial charge in [0.2, 0.25) is 11.7 Å². The van der Waals surface area contributed by atoms with Crippen LogP contribution in [-0.4, -0.2) is 47.0 Å². The van der Waals surface area contributed by atoms with Crippen LogP contribution in [0.15, 0.2) is 28.8 Å². The number of aliphatic hydroxyl groups is 1. The minimum Gasteiger partial charge on any atom is -0.496 e. The molecule has 1 saturated heterocycles. The molecule has 3 rings (SSSR count). The van der Waals surface area contributed by atoms with Crippen molar-refractivity contribution in [2.75, 3.05) is 26.8 Å². The standard InChI is InChI=1S/C16H21N3O3/c1-21-14-7-3-2-6-13(14)16-17-15(22-18-16)10-19-8-4-5-12(9-19)11-20/h2-3,6-7,12,20H,4-5,8-11H2,1H3. The van der Waals surface area contributed by atoms with Crippen LogP contribution in [0, 0.1) is 5.92 Å². The Morgan fingerprint density at radius 3 is 3.09 bits per heavy atom. The molecule has 1 fully saturated rings. The quantitative estimate of drug-likeness (QED) is 0.910. The van der Waals surface area contributed by atoms with Gasteiger partial charge in [0, 0.05) is 13.2 Å². The van der Waals surface area contributed by atoms with Crippen LogP contribution in [0.3, 0.4) is 0 Å². The Bertz CT molecular complexity index is 614. The summed E-state index contributed by atoms with van der Waals surface area (Å²) in [4.78, 5) is 6.73. The van der Waals surface area contributed by atoms with E-state index < -0.39 is 0 Å². The highest BCUT2D eigenvalue weighted by Crippen LogP contribution is 2.27. The van der Waals surface area contributed by atoms with Crippen molar-refractivity contribution < 1.29 is 14.4 Å². The molecule has 1 aromatic heterocycles. The van der Waals surface area contributed by atoms with Crippen molar-refractivity contribution in [3.63, 3.8) is 0 Å². The summed E-state index contributed by atoms with van der Waals surface area (Å²) in [7, 11) is 1.63. The highest BCUT2D eigenvalue weighted by atomic mass is 16.5. The minimum atomic E-state index is 0.243. The van der Waals surface area contributed by atoms with E-state index in [9.17, 15) is 5.11 Å². The van der Waals surface area contributed by atoms with Crippen LogP contribution in [-0.2, 0) is 6.54 Å².